The van der Waals surface area contributed by atoms with Crippen molar-refractivity contribution >= 4 is 17.4 Å². The first-order valence-corrected chi connectivity index (χ1v) is 7.18. The summed E-state index contributed by atoms with van der Waals surface area (Å²) < 4.78 is 0. The van der Waals surface area contributed by atoms with Gasteiger partial charge in [-0.05, 0) is 23.6 Å². The topological polar surface area (TPSA) is 43.1 Å². The second kappa shape index (κ2) is 6.38. The summed E-state index contributed by atoms with van der Waals surface area (Å²) in [6.45, 7) is 1.99. The number of nitrogens with zero attached hydrogens (tertiary/aromatic N) is 1. The monoisotopic (exact) mass is 273 g/mol. The van der Waals surface area contributed by atoms with Crippen molar-refractivity contribution in [1.82, 2.24) is 0 Å². The van der Waals surface area contributed by atoms with Crippen LogP contribution in [0.5, 0.6) is 0 Å². The molecule has 0 radical (unpaired) electrons. The largest absolute Gasteiger partial charge is 0.269 e. The van der Waals surface area contributed by atoms with Crippen molar-refractivity contribution in [2.75, 3.05) is 0 Å². The minimum absolute atomic E-state index is 0.168. The zero-order valence-electron chi connectivity index (χ0n) is 10.7. The number of benzene rings is 2. The fourth-order valence-electron chi connectivity index (χ4n) is 1.78. The average Bonchev–Trinajstić information content (AvgIpc) is 2.42. The number of nitro groups is 1. The van der Waals surface area contributed by atoms with Crippen molar-refractivity contribution in [1.29, 1.82) is 0 Å². The van der Waals surface area contributed by atoms with Gasteiger partial charge in [0.05, 0.1) is 4.92 Å². The van der Waals surface area contributed by atoms with Gasteiger partial charge in [0.1, 0.15) is 0 Å². The predicted molar refractivity (Wildman–Crippen MR) is 79.3 cm³/mol. The molecule has 0 aliphatic heterocycles. The highest BCUT2D eigenvalue weighted by atomic mass is 32.2. The van der Waals surface area contributed by atoms with Crippen molar-refractivity contribution in [3.63, 3.8) is 0 Å². The van der Waals surface area contributed by atoms with Crippen LogP contribution in [-0.4, -0.2) is 4.92 Å². The molecular weight excluding hydrogens is 258 g/mol. The summed E-state index contributed by atoms with van der Waals surface area (Å²) >= 11 is 1.77. The molecule has 0 aromatic heterocycles. The van der Waals surface area contributed by atoms with Gasteiger partial charge in [-0.3, -0.25) is 10.1 Å². The molecule has 4 heteroatoms. The lowest BCUT2D eigenvalue weighted by atomic mass is 10.1. The van der Waals surface area contributed by atoms with Crippen LogP contribution in [0.2, 0.25) is 0 Å². The second-order valence-electron chi connectivity index (χ2n) is 4.35. The molecule has 2 aromatic carbocycles. The lowest BCUT2D eigenvalue weighted by Gasteiger charge is -2.06. The Morgan fingerprint density at radius 3 is 2.53 bits per heavy atom. The van der Waals surface area contributed by atoms with Crippen LogP contribution in [0.15, 0.2) is 48.5 Å². The summed E-state index contributed by atoms with van der Waals surface area (Å²) in [6, 6.07) is 15.3. The molecule has 0 N–H and O–H groups in total. The Morgan fingerprint density at radius 1 is 1.11 bits per heavy atom. The summed E-state index contributed by atoms with van der Waals surface area (Å²) in [5, 5.41) is 10.8. The van der Waals surface area contributed by atoms with Crippen LogP contribution in [0.25, 0.3) is 0 Å². The van der Waals surface area contributed by atoms with Gasteiger partial charge < -0.3 is 0 Å². The van der Waals surface area contributed by atoms with E-state index in [1.54, 1.807) is 23.9 Å². The maximum Gasteiger partial charge on any atom is 0.269 e. The molecule has 0 saturated heterocycles. The summed E-state index contributed by atoms with van der Waals surface area (Å²) in [5.74, 6) is 1.71. The van der Waals surface area contributed by atoms with Crippen LogP contribution in [-0.2, 0) is 11.5 Å². The molecule has 0 unspecified atom stereocenters. The second-order valence-corrected chi connectivity index (χ2v) is 5.33. The van der Waals surface area contributed by atoms with E-state index in [9.17, 15) is 10.1 Å². The maximum atomic E-state index is 10.8. The van der Waals surface area contributed by atoms with E-state index in [-0.39, 0.29) is 10.6 Å². The smallest absolute Gasteiger partial charge is 0.258 e. The van der Waals surface area contributed by atoms with Crippen LogP contribution >= 0.6 is 11.8 Å². The van der Waals surface area contributed by atoms with Gasteiger partial charge in [-0.15, -0.1) is 0 Å². The Morgan fingerprint density at radius 2 is 1.84 bits per heavy atom. The number of aryl methyl sites for hydroxylation is 1. The van der Waals surface area contributed by atoms with E-state index in [0.717, 1.165) is 22.6 Å². The molecule has 0 bridgehead atoms. The normalized spacial score (nSPS) is 10.4. The minimum atomic E-state index is -0.342. The molecule has 0 aliphatic rings. The average molecular weight is 273 g/mol. The predicted octanol–water partition coefficient (Wildman–Crippen LogP) is 4.34. The Hall–Kier alpha value is -1.81. The number of hydrogen-bond acceptors (Lipinski definition) is 3. The van der Waals surface area contributed by atoms with Crippen molar-refractivity contribution in [2.45, 2.75) is 18.4 Å². The van der Waals surface area contributed by atoms with E-state index in [2.05, 4.69) is 12.1 Å². The number of hydrogen-bond donors (Lipinski definition) is 0. The molecule has 98 valence electrons. The van der Waals surface area contributed by atoms with Crippen LogP contribution in [0.4, 0.5) is 5.69 Å². The minimum Gasteiger partial charge on any atom is -0.258 e. The van der Waals surface area contributed by atoms with Gasteiger partial charge in [-0.2, -0.15) is 11.8 Å². The van der Waals surface area contributed by atoms with E-state index in [0.29, 0.717) is 0 Å². The first-order valence-electron chi connectivity index (χ1n) is 6.02. The third-order valence-electron chi connectivity index (χ3n) is 2.91. The summed E-state index contributed by atoms with van der Waals surface area (Å²) in [7, 11) is 0. The SMILES string of the molecule is Cc1ccc([N+](=O)[O-])cc1CSCc1ccccc1. The van der Waals surface area contributed by atoms with Crippen molar-refractivity contribution in [3.05, 3.63) is 75.3 Å². The third-order valence-corrected chi connectivity index (χ3v) is 3.97. The summed E-state index contributed by atoms with van der Waals surface area (Å²) in [6.07, 6.45) is 0. The lowest BCUT2D eigenvalue weighted by molar-refractivity contribution is -0.384. The Kier molecular flexibility index (Phi) is 4.58. The third kappa shape index (κ3) is 3.83. The van der Waals surface area contributed by atoms with Gasteiger partial charge in [0.2, 0.25) is 0 Å². The molecule has 0 saturated carbocycles. The van der Waals surface area contributed by atoms with E-state index >= 15 is 0 Å². The highest BCUT2D eigenvalue weighted by Crippen LogP contribution is 2.23. The first kappa shape index (κ1) is 13.6. The van der Waals surface area contributed by atoms with Gasteiger partial charge in [-0.1, -0.05) is 36.4 Å². The summed E-state index contributed by atoms with van der Waals surface area (Å²) in [5.41, 5.74) is 3.58. The first-order chi connectivity index (χ1) is 9.16. The molecule has 0 heterocycles. The van der Waals surface area contributed by atoms with Crippen LogP contribution in [0.3, 0.4) is 0 Å². The standard InChI is InChI=1S/C15H15NO2S/c1-12-7-8-15(16(17)18)9-14(12)11-19-10-13-5-3-2-4-6-13/h2-9H,10-11H2,1H3. The molecule has 2 rings (SSSR count). The molecular formula is C15H15NO2S. The zero-order chi connectivity index (χ0) is 13.7. The van der Waals surface area contributed by atoms with Gasteiger partial charge in [0.15, 0.2) is 0 Å². The molecule has 0 aliphatic carbocycles. The van der Waals surface area contributed by atoms with E-state index in [4.69, 9.17) is 0 Å². The van der Waals surface area contributed by atoms with Crippen molar-refractivity contribution < 1.29 is 4.92 Å². The Balaban J connectivity index is 1.99. The Bertz CT molecular complexity index is 570. The van der Waals surface area contributed by atoms with Gasteiger partial charge in [-0.25, -0.2) is 0 Å². The molecule has 2 aromatic rings. The van der Waals surface area contributed by atoms with Crippen LogP contribution in [0.1, 0.15) is 16.7 Å². The lowest BCUT2D eigenvalue weighted by Crippen LogP contribution is -1.93. The quantitative estimate of drug-likeness (QED) is 0.601. The molecule has 0 amide bonds. The van der Waals surface area contributed by atoms with Gasteiger partial charge in [0, 0.05) is 23.6 Å². The molecule has 3 nitrogen and oxygen atoms in total. The van der Waals surface area contributed by atoms with Crippen LogP contribution < -0.4 is 0 Å². The highest BCUT2D eigenvalue weighted by Gasteiger charge is 2.08. The van der Waals surface area contributed by atoms with E-state index < -0.39 is 0 Å². The maximum absolute atomic E-state index is 10.8. The number of nitro benzene ring substituents is 1. The van der Waals surface area contributed by atoms with Crippen molar-refractivity contribution in [2.24, 2.45) is 0 Å². The number of rotatable bonds is 5. The zero-order valence-corrected chi connectivity index (χ0v) is 11.5. The molecule has 19 heavy (non-hydrogen) atoms. The summed E-state index contributed by atoms with van der Waals surface area (Å²) in [4.78, 5) is 10.4. The molecule has 0 atom stereocenters. The molecule has 0 spiro atoms. The Labute approximate surface area is 116 Å². The molecule has 0 fully saturated rings. The highest BCUT2D eigenvalue weighted by molar-refractivity contribution is 7.97. The fraction of sp³-hybridized carbons (Fsp3) is 0.200. The van der Waals surface area contributed by atoms with Gasteiger partial charge >= 0.3 is 0 Å². The number of thioether (sulfide) groups is 1. The fourth-order valence-corrected chi connectivity index (χ4v) is 2.84. The van der Waals surface area contributed by atoms with E-state index in [1.807, 2.05) is 31.2 Å². The van der Waals surface area contributed by atoms with Crippen LogP contribution in [0, 0.1) is 17.0 Å². The van der Waals surface area contributed by atoms with E-state index in [1.165, 1.54) is 5.56 Å². The number of non-ortho nitro benzene ring substituents is 1. The van der Waals surface area contributed by atoms with Gasteiger partial charge in [0.25, 0.3) is 5.69 Å². The van der Waals surface area contributed by atoms with Crippen molar-refractivity contribution in [3.8, 4) is 0 Å².